The number of benzene rings is 3. The minimum atomic E-state index is -3.48. The summed E-state index contributed by atoms with van der Waals surface area (Å²) in [5, 5.41) is 11.1. The molecule has 0 saturated heterocycles. The molecule has 10 heteroatoms. The number of rotatable bonds is 15. The molecule has 1 unspecified atom stereocenters. The minimum Gasteiger partial charge on any atom is -0.458 e. The summed E-state index contributed by atoms with van der Waals surface area (Å²) < 4.78 is 36.9. The van der Waals surface area contributed by atoms with Crippen LogP contribution in [0, 0.1) is 11.3 Å². The van der Waals surface area contributed by atoms with E-state index >= 15 is 0 Å². The number of esters is 1. The maximum absolute atomic E-state index is 13.1. The van der Waals surface area contributed by atoms with E-state index in [2.05, 4.69) is 6.07 Å². The van der Waals surface area contributed by atoms with Crippen LogP contribution in [-0.2, 0) is 30.7 Å². The van der Waals surface area contributed by atoms with Crippen molar-refractivity contribution in [1.29, 1.82) is 5.26 Å². The first-order valence-electron chi connectivity index (χ1n) is 14.2. The molecule has 1 aromatic heterocycles. The Morgan fingerprint density at radius 1 is 1.00 bits per heavy atom. The molecule has 0 N–H and O–H groups in total. The zero-order chi connectivity index (χ0) is 31.4. The molecule has 7 nitrogen and oxygen atoms in total. The first-order valence-corrected chi connectivity index (χ1v) is 17.4. The van der Waals surface area contributed by atoms with E-state index in [9.17, 15) is 18.5 Å². The van der Waals surface area contributed by atoms with E-state index < -0.39 is 21.9 Å². The molecule has 0 radical (unpaired) electrons. The first kappa shape index (κ1) is 33.2. The maximum Gasteiger partial charge on any atom is 0.316 e. The molecule has 4 aromatic rings. The number of nitriles is 1. The molecule has 4 rings (SSSR count). The van der Waals surface area contributed by atoms with Crippen molar-refractivity contribution in [1.82, 2.24) is 4.98 Å². The number of carbonyl (C=O) groups is 1. The number of pyridine rings is 1. The Labute approximate surface area is 268 Å². The number of ether oxygens (including phenoxy) is 2. The summed E-state index contributed by atoms with van der Waals surface area (Å²) in [5.41, 5.74) is 4.28. The van der Waals surface area contributed by atoms with Crippen LogP contribution in [0.25, 0.3) is 22.4 Å². The molecule has 228 valence electrons. The van der Waals surface area contributed by atoms with Gasteiger partial charge in [-0.15, -0.1) is 0 Å². The van der Waals surface area contributed by atoms with Gasteiger partial charge in [0.05, 0.1) is 41.7 Å². The molecule has 0 fully saturated rings. The second-order valence-electron chi connectivity index (χ2n) is 10.1. The van der Waals surface area contributed by atoms with E-state index in [0.717, 1.165) is 34.9 Å². The number of halogens is 1. The number of nitrogens with zero attached hydrogens (tertiary/aromatic N) is 2. The largest absolute Gasteiger partial charge is 0.458 e. The van der Waals surface area contributed by atoms with Crippen LogP contribution < -0.4 is 0 Å². The fourth-order valence-corrected chi connectivity index (χ4v) is 6.96. The van der Waals surface area contributed by atoms with Crippen molar-refractivity contribution in [2.24, 2.45) is 0 Å². The van der Waals surface area contributed by atoms with Crippen molar-refractivity contribution in [3.63, 3.8) is 0 Å². The molecule has 0 spiro atoms. The van der Waals surface area contributed by atoms with Crippen LogP contribution in [0.1, 0.15) is 30.9 Å². The third-order valence-electron chi connectivity index (χ3n) is 6.61. The highest BCUT2D eigenvalue weighted by atomic mass is 35.5. The summed E-state index contributed by atoms with van der Waals surface area (Å²) in [7, 11) is -3.48. The molecule has 0 bridgehead atoms. The topological polar surface area (TPSA) is 106 Å². The van der Waals surface area contributed by atoms with Gasteiger partial charge in [-0.25, -0.2) is 13.4 Å². The van der Waals surface area contributed by atoms with Gasteiger partial charge in [0.1, 0.15) is 17.2 Å². The number of hydrogen-bond acceptors (Lipinski definition) is 8. The molecule has 3 aromatic carbocycles. The lowest BCUT2D eigenvalue weighted by Gasteiger charge is -2.19. The molecular formula is C34H33ClN2O5S2. The number of thioether (sulfide) groups is 1. The van der Waals surface area contributed by atoms with E-state index in [1.165, 1.54) is 0 Å². The van der Waals surface area contributed by atoms with Gasteiger partial charge >= 0.3 is 5.97 Å². The average Bonchev–Trinajstić information content (AvgIpc) is 3.04. The summed E-state index contributed by atoms with van der Waals surface area (Å²) in [6.07, 6.45) is 0.264. The van der Waals surface area contributed by atoms with Crippen molar-refractivity contribution in [3.8, 4) is 28.5 Å². The Bertz CT molecular complexity index is 1680. The zero-order valence-corrected chi connectivity index (χ0v) is 26.7. The van der Waals surface area contributed by atoms with Gasteiger partial charge in [-0.05, 0) is 35.7 Å². The predicted molar refractivity (Wildman–Crippen MR) is 175 cm³/mol. The van der Waals surface area contributed by atoms with Crippen molar-refractivity contribution in [3.05, 3.63) is 107 Å². The van der Waals surface area contributed by atoms with Crippen LogP contribution in [0.5, 0.6) is 0 Å². The highest BCUT2D eigenvalue weighted by Gasteiger charge is 2.24. The fraction of sp³-hybridized carbons (Fsp3) is 0.265. The monoisotopic (exact) mass is 648 g/mol. The highest BCUT2D eigenvalue weighted by molar-refractivity contribution is 8.00. The molecule has 1 heterocycles. The number of unbranched alkanes of at least 4 members (excludes halogenated alkanes) is 1. The Hall–Kier alpha value is -3.68. The first-order chi connectivity index (χ1) is 21.3. The van der Waals surface area contributed by atoms with Crippen LogP contribution in [0.2, 0.25) is 5.02 Å². The van der Waals surface area contributed by atoms with Crippen molar-refractivity contribution >= 4 is 39.2 Å². The normalized spacial score (nSPS) is 11.9. The Balaban J connectivity index is 1.52. The Kier molecular flexibility index (Phi) is 12.4. The third-order valence-corrected chi connectivity index (χ3v) is 9.60. The number of carbonyl (C=O) groups excluding carboxylic acids is 1. The van der Waals surface area contributed by atoms with E-state index in [1.54, 1.807) is 12.1 Å². The number of hydrogen-bond donors (Lipinski definition) is 0. The zero-order valence-electron chi connectivity index (χ0n) is 24.3. The van der Waals surface area contributed by atoms with Gasteiger partial charge < -0.3 is 9.47 Å². The summed E-state index contributed by atoms with van der Waals surface area (Å²) in [6.45, 7) is 2.03. The maximum atomic E-state index is 13.1. The van der Waals surface area contributed by atoms with Gasteiger partial charge in [0.15, 0.2) is 9.84 Å². The van der Waals surface area contributed by atoms with E-state index in [0.29, 0.717) is 33.3 Å². The third kappa shape index (κ3) is 9.93. The van der Waals surface area contributed by atoms with Gasteiger partial charge in [-0.2, -0.15) is 5.26 Å². The van der Waals surface area contributed by atoms with Gasteiger partial charge in [0, 0.05) is 16.1 Å². The standard InChI is InChI=1S/C34H33ClN2O5S2/c1-2-3-18-44(39,40)24-29(22-41-21-25-14-16-28(35)17-15-25)42-33(38)23-43-34-31(20-36)30(26-10-6-4-7-11-26)19-32(37-34)27-12-8-5-9-13-27/h4-17,19,29H,2-3,18,21-24H2,1H3. The summed E-state index contributed by atoms with van der Waals surface area (Å²) in [4.78, 5) is 17.8. The van der Waals surface area contributed by atoms with Gasteiger partial charge in [0.2, 0.25) is 0 Å². The SMILES string of the molecule is CCCCS(=O)(=O)CC(COCc1ccc(Cl)cc1)OC(=O)CSc1nc(-c2ccccc2)cc(-c2ccccc2)c1C#N. The molecule has 0 aliphatic heterocycles. The smallest absolute Gasteiger partial charge is 0.316 e. The van der Waals surface area contributed by atoms with Gasteiger partial charge in [0.25, 0.3) is 0 Å². The second kappa shape index (κ2) is 16.4. The predicted octanol–water partition coefficient (Wildman–Crippen LogP) is 7.38. The number of aromatic nitrogens is 1. The second-order valence-corrected chi connectivity index (χ2v) is 13.7. The lowest BCUT2D eigenvalue weighted by atomic mass is 9.99. The molecular weight excluding hydrogens is 616 g/mol. The summed E-state index contributed by atoms with van der Waals surface area (Å²) in [5.74, 6) is -1.13. The molecule has 44 heavy (non-hydrogen) atoms. The van der Waals surface area contributed by atoms with Crippen molar-refractivity contribution in [2.45, 2.75) is 37.5 Å². The Morgan fingerprint density at radius 2 is 1.66 bits per heavy atom. The highest BCUT2D eigenvalue weighted by Crippen LogP contribution is 2.34. The summed E-state index contributed by atoms with van der Waals surface area (Å²) >= 11 is 7.03. The lowest BCUT2D eigenvalue weighted by molar-refractivity contribution is -0.147. The lowest BCUT2D eigenvalue weighted by Crippen LogP contribution is -2.32. The van der Waals surface area contributed by atoms with Crippen molar-refractivity contribution < 1.29 is 22.7 Å². The van der Waals surface area contributed by atoms with E-state index in [1.807, 2.05) is 85.8 Å². The summed E-state index contributed by atoms with van der Waals surface area (Å²) in [6, 6.07) is 30.4. The van der Waals surface area contributed by atoms with Crippen LogP contribution >= 0.6 is 23.4 Å². The van der Waals surface area contributed by atoms with E-state index in [-0.39, 0.29) is 30.5 Å². The molecule has 1 atom stereocenters. The molecule has 0 aliphatic carbocycles. The van der Waals surface area contributed by atoms with E-state index in [4.69, 9.17) is 26.1 Å². The molecule has 0 aliphatic rings. The van der Waals surface area contributed by atoms with Gasteiger partial charge in [-0.3, -0.25) is 4.79 Å². The van der Waals surface area contributed by atoms with Crippen LogP contribution in [0.15, 0.2) is 96.0 Å². The fourth-order valence-electron chi connectivity index (χ4n) is 4.42. The quantitative estimate of drug-likeness (QED) is 0.0971. The van der Waals surface area contributed by atoms with Crippen LogP contribution in [-0.4, -0.2) is 49.3 Å². The average molecular weight is 649 g/mol. The molecule has 0 amide bonds. The van der Waals surface area contributed by atoms with Gasteiger partial charge in [-0.1, -0.05) is 110 Å². The van der Waals surface area contributed by atoms with Crippen LogP contribution in [0.4, 0.5) is 0 Å². The number of sulfone groups is 1. The Morgan fingerprint density at radius 3 is 2.30 bits per heavy atom. The van der Waals surface area contributed by atoms with Crippen molar-refractivity contribution in [2.75, 3.05) is 23.9 Å². The van der Waals surface area contributed by atoms with Crippen LogP contribution in [0.3, 0.4) is 0 Å². The molecule has 0 saturated carbocycles. The minimum absolute atomic E-state index is 0.00742.